The lowest BCUT2D eigenvalue weighted by atomic mass is 10.1. The Morgan fingerprint density at radius 2 is 1.72 bits per heavy atom. The van der Waals surface area contributed by atoms with Gasteiger partial charge in [-0.25, -0.2) is 4.68 Å². The molecule has 9 nitrogen and oxygen atoms in total. The minimum absolute atomic E-state index is 0.0169. The normalized spacial score (nSPS) is 14.7. The minimum atomic E-state index is -0.470. The molecule has 0 atom stereocenters. The highest BCUT2D eigenvalue weighted by Crippen LogP contribution is 2.37. The summed E-state index contributed by atoms with van der Waals surface area (Å²) in [6, 6.07) is 18.5. The molecule has 0 aliphatic carbocycles. The van der Waals surface area contributed by atoms with Crippen molar-refractivity contribution >= 4 is 51.7 Å². The number of hydrogen-bond acceptors (Lipinski definition) is 7. The van der Waals surface area contributed by atoms with Crippen molar-refractivity contribution in [3.05, 3.63) is 104 Å². The van der Waals surface area contributed by atoms with Gasteiger partial charge in [0.2, 0.25) is 0 Å². The number of amides is 1. The third-order valence-corrected chi connectivity index (χ3v) is 7.11. The van der Waals surface area contributed by atoms with Crippen molar-refractivity contribution in [3.63, 3.8) is 0 Å². The summed E-state index contributed by atoms with van der Waals surface area (Å²) in [6.07, 6.45) is 1.57. The summed E-state index contributed by atoms with van der Waals surface area (Å²) in [5, 5.41) is 10.9. The van der Waals surface area contributed by atoms with E-state index >= 15 is 0 Å². The minimum Gasteiger partial charge on any atom is -0.457 e. The van der Waals surface area contributed by atoms with E-state index in [1.54, 1.807) is 49.0 Å². The van der Waals surface area contributed by atoms with Crippen molar-refractivity contribution in [2.45, 2.75) is 6.92 Å². The molecule has 1 fully saturated rings. The van der Waals surface area contributed by atoms with Crippen LogP contribution >= 0.6 is 24.0 Å². The summed E-state index contributed by atoms with van der Waals surface area (Å²) in [6.45, 7) is 1.77. The first-order valence-electron chi connectivity index (χ1n) is 10.7. The summed E-state index contributed by atoms with van der Waals surface area (Å²) in [7, 11) is 1.75. The molecule has 36 heavy (non-hydrogen) atoms. The van der Waals surface area contributed by atoms with Crippen LogP contribution in [0.4, 0.5) is 11.4 Å². The number of furan rings is 1. The van der Waals surface area contributed by atoms with Gasteiger partial charge in [-0.2, -0.15) is 0 Å². The molecule has 1 saturated heterocycles. The van der Waals surface area contributed by atoms with E-state index in [2.05, 4.69) is 0 Å². The molecule has 0 radical (unpaired) electrons. The summed E-state index contributed by atoms with van der Waals surface area (Å²) in [4.78, 5) is 38.7. The van der Waals surface area contributed by atoms with Gasteiger partial charge in [0.25, 0.3) is 17.2 Å². The van der Waals surface area contributed by atoms with Gasteiger partial charge in [-0.05, 0) is 43.3 Å². The van der Waals surface area contributed by atoms with Crippen molar-refractivity contribution in [2.24, 2.45) is 7.05 Å². The molecule has 4 aromatic rings. The highest BCUT2D eigenvalue weighted by atomic mass is 32.2. The van der Waals surface area contributed by atoms with Crippen LogP contribution in [0.3, 0.4) is 0 Å². The van der Waals surface area contributed by atoms with Crippen LogP contribution in [0.25, 0.3) is 23.1 Å². The lowest BCUT2D eigenvalue weighted by molar-refractivity contribution is -0.384. The first kappa shape index (κ1) is 23.5. The lowest BCUT2D eigenvalue weighted by Gasteiger charge is -2.12. The number of aromatic nitrogens is 2. The number of non-ortho nitro benzene ring substituents is 1. The smallest absolute Gasteiger partial charge is 0.296 e. The predicted molar refractivity (Wildman–Crippen MR) is 142 cm³/mol. The largest absolute Gasteiger partial charge is 0.457 e. The molecule has 0 spiro atoms. The molecule has 2 aromatic carbocycles. The van der Waals surface area contributed by atoms with E-state index in [0.29, 0.717) is 33.4 Å². The number of benzene rings is 2. The Hall–Kier alpha value is -4.22. The van der Waals surface area contributed by atoms with Gasteiger partial charge in [-0.3, -0.25) is 29.3 Å². The number of para-hydroxylation sites is 1. The molecule has 1 aliphatic heterocycles. The number of hydrogen-bond donors (Lipinski definition) is 0. The van der Waals surface area contributed by atoms with Crippen LogP contribution in [0.15, 0.2) is 80.8 Å². The molecule has 1 amide bonds. The summed E-state index contributed by atoms with van der Waals surface area (Å²) in [5.74, 6) is 0.496. The zero-order chi connectivity index (χ0) is 25.6. The first-order valence-corrected chi connectivity index (χ1v) is 12.0. The average molecular weight is 519 g/mol. The van der Waals surface area contributed by atoms with Crippen molar-refractivity contribution in [3.8, 4) is 17.0 Å². The van der Waals surface area contributed by atoms with Gasteiger partial charge in [0.1, 0.15) is 17.2 Å². The molecule has 0 unspecified atom stereocenters. The molecular weight excluding hydrogens is 500 g/mol. The van der Waals surface area contributed by atoms with Gasteiger partial charge in [0.15, 0.2) is 4.32 Å². The fourth-order valence-electron chi connectivity index (χ4n) is 3.93. The zero-order valence-electron chi connectivity index (χ0n) is 19.1. The van der Waals surface area contributed by atoms with Gasteiger partial charge in [-0.1, -0.05) is 42.2 Å². The predicted octanol–water partition coefficient (Wildman–Crippen LogP) is 5.06. The van der Waals surface area contributed by atoms with Crippen LogP contribution in [-0.4, -0.2) is 24.5 Å². The maximum absolute atomic E-state index is 13.4. The third-order valence-electron chi connectivity index (χ3n) is 5.80. The molecule has 11 heteroatoms. The molecule has 5 rings (SSSR count). The molecular formula is C25H18N4O5S2. The fraction of sp³-hybridized carbons (Fsp3) is 0.0800. The number of anilines is 1. The van der Waals surface area contributed by atoms with Crippen LogP contribution in [0.2, 0.25) is 0 Å². The van der Waals surface area contributed by atoms with E-state index in [4.69, 9.17) is 16.6 Å². The SMILES string of the molecule is Cc1c(N2C(=O)C(=Cc3ccc(-c4ccc([N+](=O)[O-])cc4)o3)SC2=S)c(=O)n(-c2ccccc2)n1C. The number of carbonyl (C=O) groups excluding carboxylic acids is 1. The zero-order valence-corrected chi connectivity index (χ0v) is 20.7. The van der Waals surface area contributed by atoms with Gasteiger partial charge in [0, 0.05) is 30.8 Å². The molecule has 3 heterocycles. The van der Waals surface area contributed by atoms with E-state index in [1.807, 2.05) is 30.3 Å². The fourth-order valence-corrected chi connectivity index (χ4v) is 5.19. The maximum Gasteiger partial charge on any atom is 0.296 e. The van der Waals surface area contributed by atoms with Crippen LogP contribution in [0.5, 0.6) is 0 Å². The van der Waals surface area contributed by atoms with Gasteiger partial charge in [0.05, 0.1) is 21.2 Å². The highest BCUT2D eigenvalue weighted by molar-refractivity contribution is 8.27. The molecule has 0 N–H and O–H groups in total. The van der Waals surface area contributed by atoms with Crippen molar-refractivity contribution in [2.75, 3.05) is 4.90 Å². The first-order chi connectivity index (χ1) is 17.3. The van der Waals surface area contributed by atoms with Crippen LogP contribution in [0, 0.1) is 17.0 Å². The molecule has 180 valence electrons. The molecule has 2 aromatic heterocycles. The average Bonchev–Trinajstić information content (AvgIpc) is 3.50. The second-order valence-electron chi connectivity index (χ2n) is 7.93. The molecule has 0 bridgehead atoms. The van der Waals surface area contributed by atoms with Crippen molar-refractivity contribution in [1.82, 2.24) is 9.36 Å². The summed E-state index contributed by atoms with van der Waals surface area (Å²) < 4.78 is 9.28. The molecule has 1 aliphatic rings. The Labute approximate surface area is 214 Å². The molecule has 0 saturated carbocycles. The summed E-state index contributed by atoms with van der Waals surface area (Å²) in [5.41, 5.74) is 1.77. The quantitative estimate of drug-likeness (QED) is 0.157. The lowest BCUT2D eigenvalue weighted by Crippen LogP contribution is -2.33. The van der Waals surface area contributed by atoms with Gasteiger partial charge in [-0.15, -0.1) is 0 Å². The number of nitrogens with zero attached hydrogens (tertiary/aromatic N) is 4. The van der Waals surface area contributed by atoms with E-state index in [1.165, 1.54) is 21.7 Å². The van der Waals surface area contributed by atoms with E-state index in [9.17, 15) is 19.7 Å². The number of thioether (sulfide) groups is 1. The van der Waals surface area contributed by atoms with Crippen LogP contribution < -0.4 is 10.5 Å². The Kier molecular flexibility index (Phi) is 5.94. The standard InChI is InChI=1S/C25H18N4O5S2/c1-15-22(24(31)28(26(15)2)17-6-4-3-5-7-17)27-23(30)21(36-25(27)35)14-19-12-13-20(34-19)16-8-10-18(11-9-16)29(32)33/h3-14H,1-2H3. The Morgan fingerprint density at radius 1 is 1.03 bits per heavy atom. The Bertz CT molecular complexity index is 1610. The van der Waals surface area contributed by atoms with Gasteiger partial charge < -0.3 is 4.42 Å². The summed E-state index contributed by atoms with van der Waals surface area (Å²) >= 11 is 6.57. The number of thiocarbonyl (C=S) groups is 1. The topological polar surface area (TPSA) is 104 Å². The monoisotopic (exact) mass is 518 g/mol. The second-order valence-corrected chi connectivity index (χ2v) is 9.61. The van der Waals surface area contributed by atoms with Crippen molar-refractivity contribution < 1.29 is 14.1 Å². The van der Waals surface area contributed by atoms with Gasteiger partial charge >= 0.3 is 0 Å². The maximum atomic E-state index is 13.4. The Balaban J connectivity index is 1.46. The van der Waals surface area contributed by atoms with E-state index in [0.717, 1.165) is 11.8 Å². The number of nitro benzene ring substituents is 1. The number of rotatable bonds is 5. The van der Waals surface area contributed by atoms with Crippen LogP contribution in [0.1, 0.15) is 11.5 Å². The second kappa shape index (κ2) is 9.10. The van der Waals surface area contributed by atoms with E-state index in [-0.39, 0.29) is 21.3 Å². The number of nitro groups is 1. The number of carbonyl (C=O) groups is 1. The third kappa shape index (κ3) is 3.97. The van der Waals surface area contributed by atoms with Crippen molar-refractivity contribution in [1.29, 1.82) is 0 Å². The van der Waals surface area contributed by atoms with Crippen LogP contribution in [-0.2, 0) is 11.8 Å². The Morgan fingerprint density at radius 3 is 2.39 bits per heavy atom. The van der Waals surface area contributed by atoms with E-state index < -0.39 is 10.8 Å². The highest BCUT2D eigenvalue weighted by Gasteiger charge is 2.38.